The topological polar surface area (TPSA) is 76.2 Å². The van der Waals surface area contributed by atoms with E-state index in [1.54, 1.807) is 7.11 Å². The monoisotopic (exact) mass is 468 g/mol. The number of fused-ring (bicyclic) bond motifs is 1. The van der Waals surface area contributed by atoms with E-state index in [0.717, 1.165) is 66.5 Å². The molecule has 2 aromatic carbocycles. The van der Waals surface area contributed by atoms with Crippen LogP contribution in [0.3, 0.4) is 0 Å². The van der Waals surface area contributed by atoms with Gasteiger partial charge in [0.05, 0.1) is 43.9 Å². The number of methoxy groups -OCH3 is 1. The van der Waals surface area contributed by atoms with Gasteiger partial charge in [-0.2, -0.15) is 0 Å². The van der Waals surface area contributed by atoms with E-state index in [4.69, 9.17) is 19.2 Å². The Balaban J connectivity index is 1.40. The van der Waals surface area contributed by atoms with Crippen molar-refractivity contribution in [3.8, 4) is 5.75 Å². The molecule has 33 heavy (non-hydrogen) atoms. The van der Waals surface area contributed by atoms with E-state index >= 15 is 0 Å². The second kappa shape index (κ2) is 9.54. The van der Waals surface area contributed by atoms with Gasteiger partial charge in [0, 0.05) is 37.4 Å². The zero-order valence-electron chi connectivity index (χ0n) is 18.9. The van der Waals surface area contributed by atoms with Crippen LogP contribution in [0.5, 0.6) is 5.75 Å². The third kappa shape index (κ3) is 4.48. The molecule has 9 heteroatoms. The summed E-state index contributed by atoms with van der Waals surface area (Å²) in [6.07, 6.45) is 0. The van der Waals surface area contributed by atoms with Gasteiger partial charge in [0.25, 0.3) is 5.91 Å². The molecule has 0 bridgehead atoms. The number of benzene rings is 2. The molecule has 0 aliphatic carbocycles. The minimum Gasteiger partial charge on any atom is -0.494 e. The molecule has 1 N–H and O–H groups in total. The van der Waals surface area contributed by atoms with Crippen LogP contribution in [0.1, 0.15) is 15.9 Å². The molecule has 3 aromatic rings. The zero-order chi connectivity index (χ0) is 22.8. The van der Waals surface area contributed by atoms with E-state index in [2.05, 4.69) is 27.2 Å². The molecule has 8 nitrogen and oxygen atoms in total. The number of carbonyl (C=O) groups excluding carboxylic acids is 1. The van der Waals surface area contributed by atoms with Crippen LogP contribution in [-0.2, 0) is 9.47 Å². The first-order valence-electron chi connectivity index (χ1n) is 11.2. The Hall–Kier alpha value is -2.88. The number of nitrogens with zero attached hydrogens (tertiary/aromatic N) is 3. The maximum absolute atomic E-state index is 13.1. The lowest BCUT2D eigenvalue weighted by Gasteiger charge is -2.29. The molecule has 0 unspecified atom stereocenters. The van der Waals surface area contributed by atoms with Crippen molar-refractivity contribution in [1.82, 2.24) is 4.98 Å². The van der Waals surface area contributed by atoms with Crippen LogP contribution in [0, 0.1) is 6.92 Å². The fourth-order valence-corrected chi connectivity index (χ4v) is 5.35. The average molecular weight is 469 g/mol. The second-order valence-corrected chi connectivity index (χ2v) is 9.13. The van der Waals surface area contributed by atoms with Gasteiger partial charge in [0.15, 0.2) is 5.13 Å². The molecule has 174 valence electrons. The summed E-state index contributed by atoms with van der Waals surface area (Å²) in [6, 6.07) is 9.96. The van der Waals surface area contributed by atoms with Crippen molar-refractivity contribution in [2.24, 2.45) is 0 Å². The van der Waals surface area contributed by atoms with Crippen LogP contribution < -0.4 is 19.9 Å². The summed E-state index contributed by atoms with van der Waals surface area (Å²) in [7, 11) is 1.64. The van der Waals surface area contributed by atoms with E-state index in [1.807, 2.05) is 25.1 Å². The average Bonchev–Trinajstić information content (AvgIpc) is 3.28. The highest BCUT2D eigenvalue weighted by molar-refractivity contribution is 7.23. The lowest BCUT2D eigenvalue weighted by atomic mass is 10.1. The smallest absolute Gasteiger partial charge is 0.257 e. The van der Waals surface area contributed by atoms with Crippen LogP contribution in [0.2, 0.25) is 0 Å². The maximum atomic E-state index is 13.1. The highest BCUT2D eigenvalue weighted by atomic mass is 32.1. The van der Waals surface area contributed by atoms with Crippen molar-refractivity contribution in [2.75, 3.05) is 74.8 Å². The number of hydrogen-bond donors (Lipinski definition) is 1. The van der Waals surface area contributed by atoms with Crippen molar-refractivity contribution in [3.63, 3.8) is 0 Å². The van der Waals surface area contributed by atoms with E-state index in [9.17, 15) is 4.79 Å². The Bertz CT molecular complexity index is 1150. The highest BCUT2D eigenvalue weighted by Crippen LogP contribution is 2.39. The van der Waals surface area contributed by atoms with Gasteiger partial charge in [-0.1, -0.05) is 11.3 Å². The number of morpholine rings is 2. The summed E-state index contributed by atoms with van der Waals surface area (Å²) in [4.78, 5) is 22.4. The summed E-state index contributed by atoms with van der Waals surface area (Å²) < 4.78 is 17.5. The van der Waals surface area contributed by atoms with E-state index in [-0.39, 0.29) is 5.91 Å². The highest BCUT2D eigenvalue weighted by Gasteiger charge is 2.21. The molecule has 0 radical (unpaired) electrons. The molecule has 0 saturated carbocycles. The number of aryl methyl sites for hydroxylation is 1. The van der Waals surface area contributed by atoms with Crippen molar-refractivity contribution < 1.29 is 19.0 Å². The Kier molecular flexibility index (Phi) is 6.34. The summed E-state index contributed by atoms with van der Waals surface area (Å²) >= 11 is 1.47. The largest absolute Gasteiger partial charge is 0.494 e. The number of carbonyl (C=O) groups is 1. The van der Waals surface area contributed by atoms with Crippen molar-refractivity contribution >= 4 is 44.0 Å². The van der Waals surface area contributed by atoms with E-state index < -0.39 is 0 Å². The minimum absolute atomic E-state index is 0.160. The minimum atomic E-state index is -0.160. The number of amides is 1. The summed E-state index contributed by atoms with van der Waals surface area (Å²) in [5.41, 5.74) is 4.56. The van der Waals surface area contributed by atoms with Gasteiger partial charge in [0.2, 0.25) is 0 Å². The number of ether oxygens (including phenoxy) is 3. The van der Waals surface area contributed by atoms with Crippen molar-refractivity contribution in [3.05, 3.63) is 41.5 Å². The molecule has 3 heterocycles. The predicted octanol–water partition coefficient (Wildman–Crippen LogP) is 3.54. The summed E-state index contributed by atoms with van der Waals surface area (Å²) in [5.74, 6) is 0.539. The van der Waals surface area contributed by atoms with Gasteiger partial charge >= 0.3 is 0 Å². The number of nitrogens with one attached hydrogen (secondary N) is 1. The van der Waals surface area contributed by atoms with Gasteiger partial charge in [-0.15, -0.1) is 0 Å². The normalized spacial score (nSPS) is 16.8. The lowest BCUT2D eigenvalue weighted by molar-refractivity contribution is 0.102. The third-order valence-corrected chi connectivity index (χ3v) is 7.10. The molecule has 0 spiro atoms. The van der Waals surface area contributed by atoms with Gasteiger partial charge in [0.1, 0.15) is 11.3 Å². The first-order chi connectivity index (χ1) is 16.1. The number of aromatic nitrogens is 1. The Labute approximate surface area is 197 Å². The first-order valence-corrected chi connectivity index (χ1v) is 12.0. The summed E-state index contributed by atoms with van der Waals surface area (Å²) in [6.45, 7) is 8.23. The molecule has 0 atom stereocenters. The predicted molar refractivity (Wildman–Crippen MR) is 131 cm³/mol. The van der Waals surface area contributed by atoms with Gasteiger partial charge in [-0.25, -0.2) is 4.98 Å². The molecule has 5 rings (SSSR count). The second-order valence-electron chi connectivity index (χ2n) is 8.14. The SMILES string of the molecule is COc1ccc(N2CCOCC2)c2sc(NC(=O)c3ccc(N4CCOCC4)cc3C)nc12. The van der Waals surface area contributed by atoms with Crippen LogP contribution in [0.4, 0.5) is 16.5 Å². The number of thiazole rings is 1. The van der Waals surface area contributed by atoms with Gasteiger partial charge < -0.3 is 24.0 Å². The number of hydrogen-bond acceptors (Lipinski definition) is 8. The molecular weight excluding hydrogens is 440 g/mol. The molecule has 2 aliphatic rings. The molecule has 2 aliphatic heterocycles. The fourth-order valence-electron chi connectivity index (χ4n) is 4.33. The number of rotatable bonds is 5. The Morgan fingerprint density at radius 1 is 1.03 bits per heavy atom. The molecule has 1 amide bonds. The standard InChI is InChI=1S/C24H28N4O4S/c1-16-15-17(27-7-11-31-12-8-27)3-4-18(16)23(29)26-24-25-21-20(30-2)6-5-19(22(21)33-24)28-9-13-32-14-10-28/h3-6,15H,7-14H2,1-2H3,(H,25,26,29). The molecule has 2 fully saturated rings. The van der Waals surface area contributed by atoms with Crippen LogP contribution in [-0.4, -0.2) is 70.6 Å². The number of anilines is 3. The first kappa shape index (κ1) is 21.9. The summed E-state index contributed by atoms with van der Waals surface area (Å²) in [5, 5.41) is 3.57. The maximum Gasteiger partial charge on any atom is 0.257 e. The van der Waals surface area contributed by atoms with Crippen molar-refractivity contribution in [2.45, 2.75) is 6.92 Å². The Morgan fingerprint density at radius 3 is 2.39 bits per heavy atom. The fraction of sp³-hybridized carbons (Fsp3) is 0.417. The van der Waals surface area contributed by atoms with Crippen LogP contribution in [0.25, 0.3) is 10.2 Å². The van der Waals surface area contributed by atoms with Crippen LogP contribution in [0.15, 0.2) is 30.3 Å². The van der Waals surface area contributed by atoms with Crippen LogP contribution >= 0.6 is 11.3 Å². The third-order valence-electron chi connectivity index (χ3n) is 6.11. The molecule has 1 aromatic heterocycles. The molecular formula is C24H28N4O4S. The zero-order valence-corrected chi connectivity index (χ0v) is 19.7. The van der Waals surface area contributed by atoms with Gasteiger partial charge in [-0.05, 0) is 42.8 Å². The van der Waals surface area contributed by atoms with E-state index in [0.29, 0.717) is 29.7 Å². The quantitative estimate of drug-likeness (QED) is 0.614. The van der Waals surface area contributed by atoms with Gasteiger partial charge in [-0.3, -0.25) is 10.1 Å². The Morgan fingerprint density at radius 2 is 1.73 bits per heavy atom. The molecule has 2 saturated heterocycles. The lowest BCUT2D eigenvalue weighted by Crippen LogP contribution is -2.36. The van der Waals surface area contributed by atoms with Crippen molar-refractivity contribution in [1.29, 1.82) is 0 Å². The van der Waals surface area contributed by atoms with E-state index in [1.165, 1.54) is 11.3 Å².